The van der Waals surface area contributed by atoms with Crippen LogP contribution in [0.1, 0.15) is 190 Å². The Balaban J connectivity index is 1.58. The molecule has 4 atom stereocenters. The van der Waals surface area contributed by atoms with E-state index in [2.05, 4.69) is 89.5 Å². The van der Waals surface area contributed by atoms with E-state index in [1.165, 1.54) is 114 Å². The molecule has 4 unspecified atom stereocenters. The molecule has 4 N–H and O–H groups in total. The molecule has 0 bridgehead atoms. The van der Waals surface area contributed by atoms with Crippen LogP contribution in [-0.4, -0.2) is 37.7 Å². The maximum Gasteiger partial charge on any atom is 0.195 e. The van der Waals surface area contributed by atoms with Crippen molar-refractivity contribution in [3.63, 3.8) is 0 Å². The summed E-state index contributed by atoms with van der Waals surface area (Å²) in [7, 11) is 0. The molecule has 0 radical (unpaired) electrons. The highest BCUT2D eigenvalue weighted by atomic mass is 16.1. The van der Waals surface area contributed by atoms with Crippen molar-refractivity contribution in [2.75, 3.05) is 47.4 Å². The number of ketones is 2. The zero-order chi connectivity index (χ0) is 46.4. The minimum absolute atomic E-state index is 0.117. The maximum absolute atomic E-state index is 14.2. The average Bonchev–Trinajstić information content (AvgIpc) is 3.33. The second-order valence-electron chi connectivity index (χ2n) is 18.8. The number of nitrogen functional groups attached to an aromatic ring is 2. The van der Waals surface area contributed by atoms with Crippen LogP contribution in [0.4, 0.5) is 22.7 Å². The predicted molar refractivity (Wildman–Crippen MR) is 278 cm³/mol. The summed E-state index contributed by atoms with van der Waals surface area (Å²) >= 11 is 0. The number of unbranched alkanes of at least 4 members (excludes halogenated alkanes) is 4. The molecule has 0 heterocycles. The molecule has 0 saturated carbocycles. The minimum atomic E-state index is -0.117. The topological polar surface area (TPSA) is 92.7 Å². The molecule has 6 heteroatoms. The molecule has 4 aromatic carbocycles. The van der Waals surface area contributed by atoms with Crippen LogP contribution in [0.25, 0.3) is 11.1 Å². The summed E-state index contributed by atoms with van der Waals surface area (Å²) in [4.78, 5) is 33.5. The summed E-state index contributed by atoms with van der Waals surface area (Å²) in [5.41, 5.74) is 20.0. The van der Waals surface area contributed by atoms with Gasteiger partial charge in [0.2, 0.25) is 0 Å². The van der Waals surface area contributed by atoms with Crippen molar-refractivity contribution in [2.45, 2.75) is 158 Å². The van der Waals surface area contributed by atoms with Crippen molar-refractivity contribution in [2.24, 2.45) is 23.7 Å². The fourth-order valence-corrected chi connectivity index (χ4v) is 9.31. The van der Waals surface area contributed by atoms with Crippen LogP contribution >= 0.6 is 0 Å². The zero-order valence-electron chi connectivity index (χ0n) is 41.4. The lowest BCUT2D eigenvalue weighted by molar-refractivity contribution is 0.103. The standard InChI is InChI=1S/C58H86N4O2/c1-9-17-21-43(13-5)39-61(40-44(14-6)22-18-10-2)51-31-25-47(26-32-51)57(63)53-37-49(29-35-55(53)59)50-30-36-56(60)54(38-50)58(64)48-27-33-52(34-28-48)62(41-45(15-7)23-19-11-3)42-46(16-8)24-20-12-4/h25-38,43-46H,9-24,39-42,59-60H2,1-8H3. The maximum atomic E-state index is 14.2. The van der Waals surface area contributed by atoms with Crippen LogP contribution in [-0.2, 0) is 0 Å². The molecule has 4 aromatic rings. The van der Waals surface area contributed by atoms with Gasteiger partial charge in [-0.05, 0) is 133 Å². The quantitative estimate of drug-likeness (QED) is 0.0387. The number of benzene rings is 4. The molecule has 0 saturated heterocycles. The molecule has 4 rings (SSSR count). The number of hydrogen-bond acceptors (Lipinski definition) is 6. The second kappa shape index (κ2) is 27.7. The lowest BCUT2D eigenvalue weighted by atomic mass is 9.93. The van der Waals surface area contributed by atoms with Gasteiger partial charge < -0.3 is 21.3 Å². The monoisotopic (exact) mass is 871 g/mol. The Bertz CT molecular complexity index is 1790. The Hall–Kier alpha value is -4.58. The third-order valence-corrected chi connectivity index (χ3v) is 14.0. The molecule has 0 fully saturated rings. The van der Waals surface area contributed by atoms with Crippen molar-refractivity contribution in [1.29, 1.82) is 0 Å². The van der Waals surface area contributed by atoms with E-state index in [0.29, 0.717) is 57.3 Å². The number of nitrogens with zero attached hydrogens (tertiary/aromatic N) is 2. The summed E-state index contributed by atoms with van der Waals surface area (Å²) in [6, 6.07) is 27.5. The highest BCUT2D eigenvalue weighted by molar-refractivity contribution is 6.14. The number of carbonyl (C=O) groups is 2. The second-order valence-corrected chi connectivity index (χ2v) is 18.8. The van der Waals surface area contributed by atoms with Crippen molar-refractivity contribution in [1.82, 2.24) is 0 Å². The van der Waals surface area contributed by atoms with Crippen molar-refractivity contribution >= 4 is 34.3 Å². The Morgan fingerprint density at radius 1 is 0.422 bits per heavy atom. The van der Waals surface area contributed by atoms with Gasteiger partial charge in [0.05, 0.1) is 0 Å². The average molecular weight is 871 g/mol. The molecule has 350 valence electrons. The minimum Gasteiger partial charge on any atom is -0.398 e. The van der Waals surface area contributed by atoms with Gasteiger partial charge in [0, 0.05) is 71.2 Å². The first-order valence-electron chi connectivity index (χ1n) is 25.6. The van der Waals surface area contributed by atoms with E-state index in [-0.39, 0.29) is 11.6 Å². The van der Waals surface area contributed by atoms with E-state index in [1.54, 1.807) is 12.1 Å². The molecule has 0 aliphatic heterocycles. The lowest BCUT2D eigenvalue weighted by Gasteiger charge is -2.32. The van der Waals surface area contributed by atoms with Gasteiger partial charge in [-0.15, -0.1) is 0 Å². The van der Waals surface area contributed by atoms with E-state index < -0.39 is 0 Å². The number of anilines is 4. The number of hydrogen-bond donors (Lipinski definition) is 2. The van der Waals surface area contributed by atoms with Crippen LogP contribution in [0, 0.1) is 23.7 Å². The number of nitrogens with two attached hydrogens (primary N) is 2. The van der Waals surface area contributed by atoms with Crippen LogP contribution in [0.3, 0.4) is 0 Å². The molecule has 0 aliphatic carbocycles. The zero-order valence-corrected chi connectivity index (χ0v) is 41.4. The number of rotatable bonds is 31. The molecule has 0 amide bonds. The van der Waals surface area contributed by atoms with Gasteiger partial charge in [-0.2, -0.15) is 0 Å². The largest absolute Gasteiger partial charge is 0.398 e. The molecule has 0 spiro atoms. The Morgan fingerprint density at radius 3 is 0.953 bits per heavy atom. The molecule has 0 aliphatic rings. The highest BCUT2D eigenvalue weighted by Crippen LogP contribution is 2.32. The molecule has 64 heavy (non-hydrogen) atoms. The smallest absolute Gasteiger partial charge is 0.195 e. The molecule has 6 nitrogen and oxygen atoms in total. The summed E-state index contributed by atoms with van der Waals surface area (Å²) in [6.07, 6.45) is 19.5. The van der Waals surface area contributed by atoms with Crippen LogP contribution in [0.2, 0.25) is 0 Å². The van der Waals surface area contributed by atoms with Gasteiger partial charge in [0.25, 0.3) is 0 Å². The molecular weight excluding hydrogens is 785 g/mol. The molecule has 0 aromatic heterocycles. The third-order valence-electron chi connectivity index (χ3n) is 14.0. The fourth-order valence-electron chi connectivity index (χ4n) is 9.31. The van der Waals surface area contributed by atoms with Gasteiger partial charge in [-0.3, -0.25) is 9.59 Å². The first-order chi connectivity index (χ1) is 31.0. The van der Waals surface area contributed by atoms with Crippen LogP contribution in [0.5, 0.6) is 0 Å². The van der Waals surface area contributed by atoms with Gasteiger partial charge in [0.1, 0.15) is 0 Å². The van der Waals surface area contributed by atoms with E-state index >= 15 is 0 Å². The number of carbonyl (C=O) groups excluding carboxylic acids is 2. The predicted octanol–water partition coefficient (Wildman–Crippen LogP) is 15.5. The first kappa shape index (κ1) is 52.0. The van der Waals surface area contributed by atoms with Crippen molar-refractivity contribution in [3.05, 3.63) is 107 Å². The van der Waals surface area contributed by atoms with Gasteiger partial charge in [0.15, 0.2) is 11.6 Å². The Kier molecular flexibility index (Phi) is 22.5. The summed E-state index contributed by atoms with van der Waals surface area (Å²) < 4.78 is 0. The van der Waals surface area contributed by atoms with E-state index in [9.17, 15) is 9.59 Å². The highest BCUT2D eigenvalue weighted by Gasteiger charge is 2.22. The van der Waals surface area contributed by atoms with Gasteiger partial charge in [-0.25, -0.2) is 0 Å². The van der Waals surface area contributed by atoms with E-state index in [1.807, 2.05) is 48.5 Å². The normalized spacial score (nSPS) is 13.3. The van der Waals surface area contributed by atoms with E-state index in [4.69, 9.17) is 11.5 Å². The summed E-state index contributed by atoms with van der Waals surface area (Å²) in [5.74, 6) is 2.34. The van der Waals surface area contributed by atoms with Crippen molar-refractivity contribution < 1.29 is 9.59 Å². The van der Waals surface area contributed by atoms with Crippen LogP contribution < -0.4 is 21.3 Å². The summed E-state index contributed by atoms with van der Waals surface area (Å²) in [6.45, 7) is 22.5. The van der Waals surface area contributed by atoms with Crippen molar-refractivity contribution in [3.8, 4) is 11.1 Å². The molecular formula is C58H86N4O2. The summed E-state index contributed by atoms with van der Waals surface area (Å²) in [5, 5.41) is 0. The van der Waals surface area contributed by atoms with E-state index in [0.717, 1.165) is 37.3 Å². The fraction of sp³-hybridized carbons (Fsp3) is 0.552. The van der Waals surface area contributed by atoms with Gasteiger partial charge >= 0.3 is 0 Å². The SMILES string of the molecule is CCCCC(CC)CN(CC(CC)CCCC)c1ccc(C(=O)c2cc(-c3ccc(N)c(C(=O)c4ccc(N(CC(CC)CCCC)CC(CC)CCCC)cc4)c3)ccc2N)cc1. The first-order valence-corrected chi connectivity index (χ1v) is 25.6. The Labute approximate surface area is 390 Å². The van der Waals surface area contributed by atoms with Crippen LogP contribution in [0.15, 0.2) is 84.9 Å². The lowest BCUT2D eigenvalue weighted by Crippen LogP contribution is -2.34. The Morgan fingerprint density at radius 2 is 0.703 bits per heavy atom. The third kappa shape index (κ3) is 15.3. The van der Waals surface area contributed by atoms with Gasteiger partial charge in [-0.1, -0.05) is 145 Å².